The van der Waals surface area contributed by atoms with Crippen LogP contribution in [-0.4, -0.2) is 53.6 Å². The van der Waals surface area contributed by atoms with Gasteiger partial charge in [-0.25, -0.2) is 0 Å². The number of hydrogen-bond acceptors (Lipinski definition) is 5. The fourth-order valence-electron chi connectivity index (χ4n) is 1.66. The molecule has 0 aliphatic heterocycles. The van der Waals surface area contributed by atoms with Crippen molar-refractivity contribution in [2.24, 2.45) is 0 Å². The SMILES string of the molecule is CCO[Si](CCCOCCCO)(OCC)OCC. The molecule has 0 aromatic carbocycles. The second kappa shape index (κ2) is 12.1. The Morgan fingerprint density at radius 1 is 0.833 bits per heavy atom. The van der Waals surface area contributed by atoms with Gasteiger partial charge in [0.05, 0.1) is 0 Å². The first-order valence-electron chi connectivity index (χ1n) is 6.85. The van der Waals surface area contributed by atoms with Crippen molar-refractivity contribution in [2.45, 2.75) is 39.7 Å². The standard InChI is InChI=1S/C12H28O5Si/c1-4-15-18(16-5-2,17-6-3)12-8-11-14-10-7-9-13/h13H,4-12H2,1-3H3. The Bertz CT molecular complexity index is 163. The molecule has 0 amide bonds. The van der Waals surface area contributed by atoms with E-state index in [1.807, 2.05) is 20.8 Å². The van der Waals surface area contributed by atoms with Crippen LogP contribution in [0.2, 0.25) is 6.04 Å². The van der Waals surface area contributed by atoms with Crippen LogP contribution in [-0.2, 0) is 18.0 Å². The largest absolute Gasteiger partial charge is 0.501 e. The van der Waals surface area contributed by atoms with Crippen molar-refractivity contribution in [1.82, 2.24) is 0 Å². The Kier molecular flexibility index (Phi) is 12.1. The zero-order chi connectivity index (χ0) is 13.7. The predicted molar refractivity (Wildman–Crippen MR) is 72.6 cm³/mol. The summed E-state index contributed by atoms with van der Waals surface area (Å²) in [4.78, 5) is 0. The summed E-state index contributed by atoms with van der Waals surface area (Å²) in [6.07, 6.45) is 1.54. The van der Waals surface area contributed by atoms with Crippen LogP contribution in [0.5, 0.6) is 0 Å². The van der Waals surface area contributed by atoms with Gasteiger partial charge in [-0.1, -0.05) is 0 Å². The van der Waals surface area contributed by atoms with E-state index in [4.69, 9.17) is 23.1 Å². The molecule has 0 unspecified atom stereocenters. The van der Waals surface area contributed by atoms with Crippen molar-refractivity contribution in [1.29, 1.82) is 0 Å². The quantitative estimate of drug-likeness (QED) is 0.412. The van der Waals surface area contributed by atoms with Gasteiger partial charge in [0.25, 0.3) is 0 Å². The molecule has 0 aliphatic carbocycles. The minimum absolute atomic E-state index is 0.176. The van der Waals surface area contributed by atoms with Crippen molar-refractivity contribution >= 4 is 8.80 Å². The van der Waals surface area contributed by atoms with Crippen LogP contribution >= 0.6 is 0 Å². The Labute approximate surface area is 112 Å². The molecule has 0 bridgehead atoms. The van der Waals surface area contributed by atoms with Crippen LogP contribution in [0, 0.1) is 0 Å². The summed E-state index contributed by atoms with van der Waals surface area (Å²) in [6, 6.07) is 0.779. The summed E-state index contributed by atoms with van der Waals surface area (Å²) < 4.78 is 22.6. The summed E-state index contributed by atoms with van der Waals surface area (Å²) >= 11 is 0. The van der Waals surface area contributed by atoms with Gasteiger partial charge in [0, 0.05) is 45.7 Å². The van der Waals surface area contributed by atoms with Crippen molar-refractivity contribution in [3.63, 3.8) is 0 Å². The highest BCUT2D eigenvalue weighted by Gasteiger charge is 2.39. The molecule has 0 rings (SSSR count). The Hall–Kier alpha value is 0.0169. The Morgan fingerprint density at radius 3 is 1.78 bits per heavy atom. The molecule has 0 heterocycles. The molecule has 110 valence electrons. The lowest BCUT2D eigenvalue weighted by Crippen LogP contribution is -2.46. The first-order chi connectivity index (χ1) is 8.74. The zero-order valence-corrected chi connectivity index (χ0v) is 12.9. The fraction of sp³-hybridized carbons (Fsp3) is 1.00. The molecule has 5 nitrogen and oxygen atoms in total. The second-order valence-electron chi connectivity index (χ2n) is 3.78. The number of aliphatic hydroxyl groups is 1. The first-order valence-corrected chi connectivity index (χ1v) is 8.78. The monoisotopic (exact) mass is 280 g/mol. The summed E-state index contributed by atoms with van der Waals surface area (Å²) in [5.41, 5.74) is 0. The van der Waals surface area contributed by atoms with Gasteiger partial charge in [-0.2, -0.15) is 0 Å². The lowest BCUT2D eigenvalue weighted by molar-refractivity contribution is 0.0648. The third-order valence-corrected chi connectivity index (χ3v) is 5.46. The first kappa shape index (κ1) is 18.0. The third-order valence-electron chi connectivity index (χ3n) is 2.31. The minimum Gasteiger partial charge on any atom is -0.396 e. The van der Waals surface area contributed by atoms with Gasteiger partial charge in [-0.05, 0) is 33.6 Å². The van der Waals surface area contributed by atoms with Gasteiger partial charge >= 0.3 is 8.80 Å². The van der Waals surface area contributed by atoms with Crippen LogP contribution in [0.3, 0.4) is 0 Å². The predicted octanol–water partition coefficient (Wildman–Crippen LogP) is 1.82. The van der Waals surface area contributed by atoms with Crippen LogP contribution in [0.25, 0.3) is 0 Å². The lowest BCUT2D eigenvalue weighted by atomic mass is 10.5. The van der Waals surface area contributed by atoms with E-state index < -0.39 is 8.80 Å². The molecule has 0 spiro atoms. The maximum absolute atomic E-state index is 8.63. The van der Waals surface area contributed by atoms with Gasteiger partial charge in [-0.15, -0.1) is 0 Å². The Morgan fingerprint density at radius 2 is 1.33 bits per heavy atom. The summed E-state index contributed by atoms with van der Waals surface area (Å²) in [7, 11) is -2.49. The summed E-state index contributed by atoms with van der Waals surface area (Å²) in [5.74, 6) is 0. The summed E-state index contributed by atoms with van der Waals surface area (Å²) in [5, 5.41) is 8.63. The van der Waals surface area contributed by atoms with E-state index in [2.05, 4.69) is 0 Å². The highest BCUT2D eigenvalue weighted by atomic mass is 28.4. The van der Waals surface area contributed by atoms with E-state index in [9.17, 15) is 0 Å². The van der Waals surface area contributed by atoms with E-state index in [1.165, 1.54) is 0 Å². The molecule has 0 fully saturated rings. The highest BCUT2D eigenvalue weighted by molar-refractivity contribution is 6.60. The van der Waals surface area contributed by atoms with E-state index in [-0.39, 0.29) is 6.61 Å². The molecule has 0 atom stereocenters. The van der Waals surface area contributed by atoms with Crippen molar-refractivity contribution < 1.29 is 23.1 Å². The van der Waals surface area contributed by atoms with E-state index >= 15 is 0 Å². The lowest BCUT2D eigenvalue weighted by Gasteiger charge is -2.28. The minimum atomic E-state index is -2.49. The van der Waals surface area contributed by atoms with E-state index in [0.29, 0.717) is 39.5 Å². The molecule has 0 aliphatic rings. The molecule has 18 heavy (non-hydrogen) atoms. The van der Waals surface area contributed by atoms with Crippen LogP contribution in [0.4, 0.5) is 0 Å². The molecular weight excluding hydrogens is 252 g/mol. The maximum Gasteiger partial charge on any atom is 0.501 e. The highest BCUT2D eigenvalue weighted by Crippen LogP contribution is 2.18. The average Bonchev–Trinajstić information content (AvgIpc) is 2.35. The van der Waals surface area contributed by atoms with Crippen molar-refractivity contribution in [3.8, 4) is 0 Å². The fourth-order valence-corrected chi connectivity index (χ4v) is 4.24. The number of hydrogen-bond donors (Lipinski definition) is 1. The molecule has 0 radical (unpaired) electrons. The molecule has 0 saturated carbocycles. The zero-order valence-electron chi connectivity index (χ0n) is 11.9. The number of ether oxygens (including phenoxy) is 1. The summed E-state index contributed by atoms with van der Waals surface area (Å²) in [6.45, 7) is 9.12. The van der Waals surface area contributed by atoms with Gasteiger partial charge < -0.3 is 23.1 Å². The molecule has 0 aromatic rings. The normalized spacial score (nSPS) is 12.0. The molecule has 0 aromatic heterocycles. The van der Waals surface area contributed by atoms with Crippen LogP contribution < -0.4 is 0 Å². The van der Waals surface area contributed by atoms with E-state index in [0.717, 1.165) is 12.5 Å². The van der Waals surface area contributed by atoms with Gasteiger partial charge in [0.15, 0.2) is 0 Å². The second-order valence-corrected chi connectivity index (χ2v) is 6.51. The van der Waals surface area contributed by atoms with Crippen molar-refractivity contribution in [2.75, 3.05) is 39.6 Å². The number of rotatable bonds is 13. The molecule has 6 heteroatoms. The molecule has 1 N–H and O–H groups in total. The van der Waals surface area contributed by atoms with Gasteiger partial charge in [-0.3, -0.25) is 0 Å². The maximum atomic E-state index is 8.63. The van der Waals surface area contributed by atoms with Gasteiger partial charge in [0.1, 0.15) is 0 Å². The molecule has 0 saturated heterocycles. The average molecular weight is 280 g/mol. The topological polar surface area (TPSA) is 57.2 Å². The van der Waals surface area contributed by atoms with Crippen LogP contribution in [0.15, 0.2) is 0 Å². The molecular formula is C12H28O5Si. The van der Waals surface area contributed by atoms with Gasteiger partial charge in [0.2, 0.25) is 0 Å². The van der Waals surface area contributed by atoms with Crippen LogP contribution in [0.1, 0.15) is 33.6 Å². The Balaban J connectivity index is 3.97. The van der Waals surface area contributed by atoms with E-state index in [1.54, 1.807) is 0 Å². The number of aliphatic hydroxyl groups excluding tert-OH is 1. The third kappa shape index (κ3) is 8.18. The van der Waals surface area contributed by atoms with Crippen molar-refractivity contribution in [3.05, 3.63) is 0 Å². The smallest absolute Gasteiger partial charge is 0.396 e.